The Morgan fingerprint density at radius 2 is 1.94 bits per heavy atom. The number of benzene rings is 1. The van der Waals surface area contributed by atoms with Crippen LogP contribution in [0.5, 0.6) is 5.75 Å². The lowest BCUT2D eigenvalue weighted by molar-refractivity contribution is -0.141. The molecule has 0 N–H and O–H groups in total. The number of methoxy groups -OCH3 is 1. The van der Waals surface area contributed by atoms with E-state index in [1.54, 1.807) is 48.4 Å². The lowest BCUT2D eigenvalue weighted by atomic mass is 9.63. The van der Waals surface area contributed by atoms with E-state index in [9.17, 15) is 14.4 Å². The first kappa shape index (κ1) is 21.1. The van der Waals surface area contributed by atoms with Crippen LogP contribution in [0.25, 0.3) is 0 Å². The summed E-state index contributed by atoms with van der Waals surface area (Å²) in [6.07, 6.45) is 1.99. The van der Waals surface area contributed by atoms with Crippen molar-refractivity contribution >= 4 is 29.1 Å². The molecule has 1 saturated carbocycles. The lowest BCUT2D eigenvalue weighted by Gasteiger charge is -2.52. The predicted octanol–water partition coefficient (Wildman–Crippen LogP) is 3.27. The summed E-state index contributed by atoms with van der Waals surface area (Å²) in [6, 6.07) is 8.49. The Hall–Kier alpha value is -3.17. The van der Waals surface area contributed by atoms with Gasteiger partial charge in [0.2, 0.25) is 0 Å². The number of ether oxygens (including phenoxy) is 1. The molecule has 0 unspecified atom stereocenters. The molecule has 0 atom stereocenters. The second kappa shape index (κ2) is 8.16. The zero-order valence-electron chi connectivity index (χ0n) is 17.3. The smallest absolute Gasteiger partial charge is 0.272 e. The fourth-order valence-corrected chi connectivity index (χ4v) is 4.87. The number of pyridine rings is 1. The summed E-state index contributed by atoms with van der Waals surface area (Å²) < 4.78 is 5.44. The van der Waals surface area contributed by atoms with Gasteiger partial charge in [0.25, 0.3) is 5.91 Å². The molecule has 158 valence electrons. The second-order valence-electron chi connectivity index (χ2n) is 8.04. The topological polar surface area (TPSA) is 76.6 Å². The van der Waals surface area contributed by atoms with Crippen molar-refractivity contribution in [3.8, 4) is 17.6 Å². The molecule has 2 aromatic rings. The molecule has 1 aliphatic carbocycles. The minimum Gasteiger partial charge on any atom is -0.496 e. The van der Waals surface area contributed by atoms with Gasteiger partial charge < -0.3 is 9.64 Å². The van der Waals surface area contributed by atoms with E-state index < -0.39 is 11.3 Å². The van der Waals surface area contributed by atoms with E-state index in [-0.39, 0.29) is 30.3 Å². The molecule has 7 heteroatoms. The highest BCUT2D eigenvalue weighted by molar-refractivity contribution is 6.32. The fourth-order valence-electron chi connectivity index (χ4n) is 4.55. The number of rotatable bonds is 3. The van der Waals surface area contributed by atoms with Crippen molar-refractivity contribution in [2.24, 2.45) is 5.41 Å². The number of halogens is 1. The molecule has 1 aromatic heterocycles. The molecule has 1 amide bonds. The molecule has 2 heterocycles. The van der Waals surface area contributed by atoms with E-state index in [2.05, 4.69) is 16.8 Å². The second-order valence-corrected chi connectivity index (χ2v) is 8.45. The summed E-state index contributed by atoms with van der Waals surface area (Å²) in [4.78, 5) is 44.5. The van der Waals surface area contributed by atoms with Crippen molar-refractivity contribution in [2.45, 2.75) is 25.7 Å². The van der Waals surface area contributed by atoms with Crippen LogP contribution in [0.4, 0.5) is 0 Å². The molecule has 6 nitrogen and oxygen atoms in total. The monoisotopic (exact) mass is 436 g/mol. The van der Waals surface area contributed by atoms with Crippen LogP contribution >= 0.6 is 11.6 Å². The number of hydrogen-bond donors (Lipinski definition) is 0. The Balaban J connectivity index is 1.54. The van der Waals surface area contributed by atoms with Gasteiger partial charge in [0, 0.05) is 53.7 Å². The van der Waals surface area contributed by atoms with Crippen molar-refractivity contribution in [1.29, 1.82) is 0 Å². The average molecular weight is 437 g/mol. The first-order chi connectivity index (χ1) is 14.9. The molecule has 1 saturated heterocycles. The summed E-state index contributed by atoms with van der Waals surface area (Å²) in [6.45, 7) is 2.44. The van der Waals surface area contributed by atoms with Gasteiger partial charge in [-0.15, -0.1) is 5.92 Å². The highest BCUT2D eigenvalue weighted by Gasteiger charge is 2.54. The van der Waals surface area contributed by atoms with Gasteiger partial charge in [-0.1, -0.05) is 23.6 Å². The van der Waals surface area contributed by atoms with Gasteiger partial charge in [-0.25, -0.2) is 0 Å². The fraction of sp³-hybridized carbons (Fsp3) is 0.333. The van der Waals surface area contributed by atoms with Gasteiger partial charge in [0.15, 0.2) is 0 Å². The van der Waals surface area contributed by atoms with Crippen molar-refractivity contribution in [1.82, 2.24) is 9.88 Å². The number of hydrogen-bond acceptors (Lipinski definition) is 5. The van der Waals surface area contributed by atoms with E-state index in [4.69, 9.17) is 16.3 Å². The number of nitrogens with zero attached hydrogens (tertiary/aromatic N) is 2. The molecule has 1 aromatic carbocycles. The van der Waals surface area contributed by atoms with E-state index >= 15 is 0 Å². The molecule has 1 spiro atoms. The number of carbonyl (C=O) groups excluding carboxylic acids is 3. The molecular formula is C24H21ClN2O4. The molecule has 2 aliphatic rings. The van der Waals surface area contributed by atoms with Crippen LogP contribution < -0.4 is 4.74 Å². The molecule has 2 fully saturated rings. The van der Waals surface area contributed by atoms with Gasteiger partial charge in [0.05, 0.1) is 7.11 Å². The Labute approximate surface area is 185 Å². The Bertz CT molecular complexity index is 1110. The summed E-state index contributed by atoms with van der Waals surface area (Å²) in [5, 5.41) is 0.292. The quantitative estimate of drug-likeness (QED) is 0.545. The van der Waals surface area contributed by atoms with Crippen LogP contribution in [0.2, 0.25) is 5.02 Å². The third-order valence-electron chi connectivity index (χ3n) is 5.84. The van der Waals surface area contributed by atoms with Crippen LogP contribution in [0.1, 0.15) is 47.3 Å². The maximum atomic E-state index is 13.1. The van der Waals surface area contributed by atoms with Crippen molar-refractivity contribution in [3.05, 3.63) is 58.4 Å². The molecular weight excluding hydrogens is 416 g/mol. The molecule has 1 aliphatic heterocycles. The van der Waals surface area contributed by atoms with Crippen LogP contribution in [0.3, 0.4) is 0 Å². The van der Waals surface area contributed by atoms with Crippen molar-refractivity contribution < 1.29 is 19.1 Å². The number of likely N-dealkylation sites (tertiary alicyclic amines) is 1. The third-order valence-corrected chi connectivity index (χ3v) is 6.15. The Kier molecular flexibility index (Phi) is 5.55. The molecule has 4 rings (SSSR count). The maximum Gasteiger partial charge on any atom is 0.272 e. The van der Waals surface area contributed by atoms with E-state index in [1.165, 1.54) is 7.11 Å². The van der Waals surface area contributed by atoms with E-state index in [0.717, 1.165) is 0 Å². The minimum atomic E-state index is -0.961. The van der Waals surface area contributed by atoms with Crippen molar-refractivity contribution in [3.63, 3.8) is 0 Å². The maximum absolute atomic E-state index is 13.1. The SMILES string of the molecule is CC#Cc1cc(Cl)c(C2C(=O)CC3(CC2=O)CN(C(=O)c2ccccn2)C3)c(OC)c1. The first-order valence-electron chi connectivity index (χ1n) is 9.93. The number of aromatic nitrogens is 1. The van der Waals surface area contributed by atoms with Crippen LogP contribution in [0.15, 0.2) is 36.5 Å². The summed E-state index contributed by atoms with van der Waals surface area (Å²) in [5.41, 5.74) is 0.900. The van der Waals surface area contributed by atoms with Gasteiger partial charge in [-0.05, 0) is 31.2 Å². The zero-order valence-corrected chi connectivity index (χ0v) is 18.0. The largest absolute Gasteiger partial charge is 0.496 e. The highest BCUT2D eigenvalue weighted by atomic mass is 35.5. The molecule has 0 bridgehead atoms. The zero-order chi connectivity index (χ0) is 22.2. The van der Waals surface area contributed by atoms with Gasteiger partial charge in [0.1, 0.15) is 28.9 Å². The number of carbonyl (C=O) groups is 3. The standard InChI is InChI=1S/C24H21ClN2O4/c1-3-6-15-9-16(25)21(20(10-15)31-2)22-18(28)11-24(12-19(22)29)13-27(14-24)23(30)17-7-4-5-8-26-17/h4-5,7-10,22H,11-14H2,1-2H3. The third kappa shape index (κ3) is 3.82. The van der Waals surface area contributed by atoms with Crippen LogP contribution in [-0.2, 0) is 9.59 Å². The lowest BCUT2D eigenvalue weighted by Crippen LogP contribution is -2.62. The predicted molar refractivity (Wildman–Crippen MR) is 115 cm³/mol. The normalized spacial score (nSPS) is 17.7. The summed E-state index contributed by atoms with van der Waals surface area (Å²) in [5.74, 6) is 4.54. The minimum absolute atomic E-state index is 0.189. The van der Waals surface area contributed by atoms with E-state index in [0.29, 0.717) is 40.7 Å². The molecule has 0 radical (unpaired) electrons. The summed E-state index contributed by atoms with van der Waals surface area (Å²) in [7, 11) is 1.48. The Morgan fingerprint density at radius 3 is 2.52 bits per heavy atom. The number of amides is 1. The number of Topliss-reactive ketones (excluding diaryl/α,β-unsaturated/α-hetero) is 2. The van der Waals surface area contributed by atoms with Crippen LogP contribution in [-0.4, -0.2) is 47.6 Å². The van der Waals surface area contributed by atoms with Gasteiger partial charge >= 0.3 is 0 Å². The first-order valence-corrected chi connectivity index (χ1v) is 10.3. The number of ketones is 2. The summed E-state index contributed by atoms with van der Waals surface area (Å²) >= 11 is 6.45. The van der Waals surface area contributed by atoms with Crippen LogP contribution in [0, 0.1) is 17.3 Å². The Morgan fingerprint density at radius 1 is 1.23 bits per heavy atom. The average Bonchev–Trinajstić information content (AvgIpc) is 2.72. The molecule has 31 heavy (non-hydrogen) atoms. The van der Waals surface area contributed by atoms with Gasteiger partial charge in [-0.3, -0.25) is 19.4 Å². The highest BCUT2D eigenvalue weighted by Crippen LogP contribution is 2.48. The van der Waals surface area contributed by atoms with Crippen molar-refractivity contribution in [2.75, 3.05) is 20.2 Å². The van der Waals surface area contributed by atoms with E-state index in [1.807, 2.05) is 0 Å². The van der Waals surface area contributed by atoms with Gasteiger partial charge in [-0.2, -0.15) is 0 Å².